The summed E-state index contributed by atoms with van der Waals surface area (Å²) >= 11 is 0. The van der Waals surface area contributed by atoms with Gasteiger partial charge in [0.1, 0.15) is 45.8 Å². The Morgan fingerprint density at radius 1 is 0.510 bits per heavy atom. The van der Waals surface area contributed by atoms with Gasteiger partial charge in [-0.1, -0.05) is 53.5 Å². The highest BCUT2D eigenvalue weighted by atomic mass is 31.1. The number of methoxy groups -OCH3 is 2. The van der Waals surface area contributed by atoms with Gasteiger partial charge in [0.2, 0.25) is 0 Å². The molecule has 0 fully saturated rings. The summed E-state index contributed by atoms with van der Waals surface area (Å²) in [6.45, 7) is 17.3. The lowest BCUT2D eigenvalue weighted by Crippen LogP contribution is -2.23. The second-order valence-electron chi connectivity index (χ2n) is 13.9. The Balaban J connectivity index is 1.85. The lowest BCUT2D eigenvalue weighted by Gasteiger charge is -2.27. The second kappa shape index (κ2) is 17.3. The van der Waals surface area contributed by atoms with Gasteiger partial charge >= 0.3 is 0 Å². The van der Waals surface area contributed by atoms with Crippen LogP contribution in [-0.4, -0.2) is 19.8 Å². The first kappa shape index (κ1) is 38.1. The number of aryl methyl sites for hydroxylation is 2. The summed E-state index contributed by atoms with van der Waals surface area (Å²) in [6, 6.07) is 23.7. The van der Waals surface area contributed by atoms with Crippen molar-refractivity contribution in [3.8, 4) is 51.4 Å². The van der Waals surface area contributed by atoms with Crippen LogP contribution in [0.15, 0.2) is 72.8 Å². The molecule has 0 spiro atoms. The van der Waals surface area contributed by atoms with Gasteiger partial charge in [-0.25, -0.2) is 0 Å². The predicted molar refractivity (Wildman–Crippen MR) is 204 cm³/mol. The predicted octanol–water partition coefficient (Wildman–Crippen LogP) is 11.7. The molecule has 9 heteroatoms. The molecule has 0 N–H and O–H groups in total. The summed E-state index contributed by atoms with van der Waals surface area (Å²) in [5.74, 6) is 5.26. The van der Waals surface area contributed by atoms with Crippen LogP contribution < -0.4 is 32.3 Å². The fourth-order valence-electron chi connectivity index (χ4n) is 5.25. The lowest BCUT2D eigenvalue weighted by atomic mass is 9.82. The first-order valence-electron chi connectivity index (χ1n) is 16.8. The fraction of sp³-hybridized carbons (Fsp3) is 0.400. The summed E-state index contributed by atoms with van der Waals surface area (Å²) in [6.07, 6.45) is 3.54. The molecule has 264 valence electrons. The van der Waals surface area contributed by atoms with Crippen molar-refractivity contribution in [3.63, 3.8) is 0 Å². The molecule has 0 bridgehead atoms. The highest BCUT2D eigenvalue weighted by molar-refractivity contribution is 7.27. The Hall–Kier alpha value is -3.66. The average Bonchev–Trinajstić information content (AvgIpc) is 3.05. The smallest absolute Gasteiger partial charge is 0.275 e. The summed E-state index contributed by atoms with van der Waals surface area (Å²) in [5, 5.41) is 0. The van der Waals surface area contributed by atoms with Crippen LogP contribution in [0.4, 0.5) is 0 Å². The number of rotatable bonds is 16. The van der Waals surface area contributed by atoms with E-state index in [-0.39, 0.29) is 23.5 Å². The van der Waals surface area contributed by atoms with Gasteiger partial charge < -0.3 is 32.3 Å². The zero-order chi connectivity index (χ0) is 35.6. The quantitative estimate of drug-likeness (QED) is 0.107. The second-order valence-corrected chi connectivity index (χ2v) is 15.0. The topological polar surface area (TPSA) is 64.6 Å². The lowest BCUT2D eigenvalue weighted by molar-refractivity contribution is 0.131. The first-order valence-corrected chi connectivity index (χ1v) is 18.5. The third-order valence-corrected chi connectivity index (χ3v) is 8.86. The average molecular weight is 707 g/mol. The van der Waals surface area contributed by atoms with Crippen molar-refractivity contribution in [2.24, 2.45) is 0 Å². The molecule has 49 heavy (non-hydrogen) atoms. The monoisotopic (exact) mass is 706 g/mol. The van der Waals surface area contributed by atoms with Gasteiger partial charge in [-0.3, -0.25) is 0 Å². The van der Waals surface area contributed by atoms with Crippen LogP contribution in [0.3, 0.4) is 0 Å². The van der Waals surface area contributed by atoms with Gasteiger partial charge in [-0.2, -0.15) is 0 Å². The van der Waals surface area contributed by atoms with Crippen LogP contribution in [0.25, 0.3) is 11.1 Å². The zero-order valence-corrected chi connectivity index (χ0v) is 32.6. The molecule has 0 saturated heterocycles. The maximum atomic E-state index is 6.63. The molecule has 0 amide bonds. The van der Waals surface area contributed by atoms with Gasteiger partial charge in [0.15, 0.2) is 0 Å². The highest BCUT2D eigenvalue weighted by Crippen LogP contribution is 2.48. The van der Waals surface area contributed by atoms with Gasteiger partial charge in [-0.05, 0) is 122 Å². The first-order chi connectivity index (χ1) is 23.3. The molecule has 4 rings (SSSR count). The Bertz CT molecular complexity index is 1640. The molecule has 0 saturated carbocycles. The van der Waals surface area contributed by atoms with Crippen molar-refractivity contribution in [1.82, 2.24) is 0 Å². The molecule has 0 heterocycles. The maximum Gasteiger partial charge on any atom is 0.275 e. The Labute approximate surface area is 296 Å². The van der Waals surface area contributed by atoms with Crippen molar-refractivity contribution in [1.29, 1.82) is 0 Å². The van der Waals surface area contributed by atoms with E-state index in [0.29, 0.717) is 11.5 Å². The summed E-state index contributed by atoms with van der Waals surface area (Å²) in [4.78, 5) is 0. The minimum atomic E-state index is -0.393. The van der Waals surface area contributed by atoms with E-state index < -0.39 is 5.60 Å². The van der Waals surface area contributed by atoms with E-state index in [2.05, 4.69) is 79.7 Å². The fourth-order valence-corrected chi connectivity index (χ4v) is 6.45. The van der Waals surface area contributed by atoms with Gasteiger partial charge in [0, 0.05) is 11.1 Å². The number of hydrogen-bond donors (Lipinski definition) is 0. The highest BCUT2D eigenvalue weighted by Gasteiger charge is 2.26. The molecular formula is C40H52O7P2. The van der Waals surface area contributed by atoms with E-state index in [1.807, 2.05) is 48.5 Å². The van der Waals surface area contributed by atoms with Crippen molar-refractivity contribution in [3.05, 3.63) is 89.5 Å². The van der Waals surface area contributed by atoms with E-state index in [4.69, 9.17) is 32.3 Å². The van der Waals surface area contributed by atoms with Gasteiger partial charge in [0.05, 0.1) is 14.2 Å². The molecule has 4 aromatic rings. The molecule has 2 unspecified atom stereocenters. The van der Waals surface area contributed by atoms with Gasteiger partial charge in [0.25, 0.3) is 18.1 Å². The third kappa shape index (κ3) is 10.9. The standard InChI is InChI=1S/C40H52O7P2/c1-11-13-27-23-29(39(3,4)5)25-35(37(27)46-48-44-32-19-15-30(41-9)16-20-32)36-26-34(43-40(6,7)8)24-28(14-12-2)38(36)47-49-45-33-21-17-31(42-10)18-22-33/h15-26,48-49H,11-14H2,1-10H3. The maximum absolute atomic E-state index is 6.63. The molecule has 0 aliphatic heterocycles. The van der Waals surface area contributed by atoms with E-state index >= 15 is 0 Å². The number of ether oxygens (including phenoxy) is 3. The van der Waals surface area contributed by atoms with Crippen molar-refractivity contribution in [2.75, 3.05) is 14.2 Å². The van der Waals surface area contributed by atoms with Crippen molar-refractivity contribution in [2.45, 2.75) is 92.1 Å². The molecule has 0 radical (unpaired) electrons. The summed E-state index contributed by atoms with van der Waals surface area (Å²) in [7, 11) is 2.74. The SMILES string of the molecule is CCCc1cc(OC(C)(C)C)cc(-c2cc(C(C)(C)C)cc(CCC)c2OPOc2ccc(OC)cc2)c1OPOc1ccc(OC)cc1. The van der Waals surface area contributed by atoms with Crippen LogP contribution in [0.5, 0.6) is 40.2 Å². The molecule has 7 nitrogen and oxygen atoms in total. The largest absolute Gasteiger partial charge is 0.497 e. The number of benzene rings is 4. The summed E-state index contributed by atoms with van der Waals surface area (Å²) < 4.78 is 42.6. The Morgan fingerprint density at radius 2 is 0.939 bits per heavy atom. The van der Waals surface area contributed by atoms with Crippen LogP contribution in [-0.2, 0) is 18.3 Å². The van der Waals surface area contributed by atoms with E-state index in [0.717, 1.165) is 76.7 Å². The molecule has 0 aliphatic carbocycles. The molecule has 0 aromatic heterocycles. The third-order valence-electron chi connectivity index (χ3n) is 7.65. The van der Waals surface area contributed by atoms with Crippen molar-refractivity contribution >= 4 is 18.1 Å². The van der Waals surface area contributed by atoms with E-state index in [9.17, 15) is 0 Å². The molecule has 4 aromatic carbocycles. The van der Waals surface area contributed by atoms with Gasteiger partial charge in [-0.15, -0.1) is 0 Å². The van der Waals surface area contributed by atoms with Crippen molar-refractivity contribution < 1.29 is 32.3 Å². The Kier molecular flexibility index (Phi) is 13.5. The summed E-state index contributed by atoms with van der Waals surface area (Å²) in [5.41, 5.74) is 4.70. The van der Waals surface area contributed by atoms with E-state index in [1.165, 1.54) is 5.56 Å². The van der Waals surface area contributed by atoms with E-state index in [1.54, 1.807) is 14.2 Å². The minimum Gasteiger partial charge on any atom is -0.497 e. The molecule has 2 atom stereocenters. The van der Waals surface area contributed by atoms with Crippen LogP contribution >= 0.6 is 18.1 Å². The zero-order valence-electron chi connectivity index (χ0n) is 30.6. The number of hydrogen-bond acceptors (Lipinski definition) is 7. The molecule has 0 aliphatic rings. The van der Waals surface area contributed by atoms with Crippen LogP contribution in [0.2, 0.25) is 0 Å². The van der Waals surface area contributed by atoms with Crippen LogP contribution in [0, 0.1) is 0 Å². The molecular weight excluding hydrogens is 654 g/mol. The van der Waals surface area contributed by atoms with Crippen LogP contribution in [0.1, 0.15) is 84.9 Å². The minimum absolute atomic E-state index is 0.107. The Morgan fingerprint density at radius 3 is 1.35 bits per heavy atom. The normalized spacial score (nSPS) is 12.0.